The molecule has 0 amide bonds. The highest BCUT2D eigenvalue weighted by Gasteiger charge is 2.21. The lowest BCUT2D eigenvalue weighted by atomic mass is 9.84. The summed E-state index contributed by atoms with van der Waals surface area (Å²) in [7, 11) is 0. The number of aryl methyl sites for hydroxylation is 4. The van der Waals surface area contributed by atoms with Gasteiger partial charge >= 0.3 is 0 Å². The fourth-order valence-electron chi connectivity index (χ4n) is 3.75. The van der Waals surface area contributed by atoms with E-state index in [1.54, 1.807) is 24.3 Å². The fourth-order valence-corrected chi connectivity index (χ4v) is 3.75. The molecule has 152 valence electrons. The Labute approximate surface area is 171 Å². The van der Waals surface area contributed by atoms with Crippen molar-refractivity contribution in [1.82, 2.24) is 0 Å². The van der Waals surface area contributed by atoms with Gasteiger partial charge in [-0.05, 0) is 104 Å². The molecule has 29 heavy (non-hydrogen) atoms. The molecule has 0 heterocycles. The van der Waals surface area contributed by atoms with E-state index in [1.807, 2.05) is 39.8 Å². The predicted octanol–water partition coefficient (Wildman–Crippen LogP) is 5.31. The van der Waals surface area contributed by atoms with Crippen LogP contribution in [0, 0.1) is 27.7 Å². The van der Waals surface area contributed by atoms with Gasteiger partial charge in [-0.1, -0.05) is 18.2 Å². The average molecular weight is 392 g/mol. The van der Waals surface area contributed by atoms with Crippen LogP contribution in [0.1, 0.15) is 44.9 Å². The van der Waals surface area contributed by atoms with Crippen LogP contribution in [-0.4, -0.2) is 20.4 Å². The minimum atomic E-state index is -0.198. The molecule has 4 heteroatoms. The summed E-state index contributed by atoms with van der Waals surface area (Å²) in [5.74, 6) is 0.243. The van der Waals surface area contributed by atoms with Gasteiger partial charge in [-0.15, -0.1) is 0 Å². The summed E-state index contributed by atoms with van der Waals surface area (Å²) in [5.41, 5.74) is 6.44. The average Bonchev–Trinajstić information content (AvgIpc) is 2.63. The number of phenolic OH excluding ortho intramolecular Hbond substituents is 4. The van der Waals surface area contributed by atoms with Crippen molar-refractivity contribution in [3.05, 3.63) is 81.4 Å². The molecule has 0 saturated heterocycles. The largest absolute Gasteiger partial charge is 0.508 e. The van der Waals surface area contributed by atoms with Crippen LogP contribution in [0.4, 0.5) is 0 Å². The van der Waals surface area contributed by atoms with E-state index in [0.29, 0.717) is 18.4 Å². The molecule has 4 N–H and O–H groups in total. The third-order valence-electron chi connectivity index (χ3n) is 5.78. The minimum Gasteiger partial charge on any atom is -0.508 e. The maximum Gasteiger partial charge on any atom is 0.122 e. The number of phenols is 4. The van der Waals surface area contributed by atoms with E-state index in [1.165, 1.54) is 6.07 Å². The fraction of sp³-hybridized carbons (Fsp3) is 0.280. The van der Waals surface area contributed by atoms with Gasteiger partial charge in [-0.3, -0.25) is 0 Å². The molecule has 3 rings (SSSR count). The van der Waals surface area contributed by atoms with E-state index in [0.717, 1.165) is 33.4 Å². The van der Waals surface area contributed by atoms with Crippen LogP contribution in [0.3, 0.4) is 0 Å². The van der Waals surface area contributed by atoms with Crippen molar-refractivity contribution in [2.45, 2.75) is 46.5 Å². The summed E-state index contributed by atoms with van der Waals surface area (Å²) in [4.78, 5) is 0. The normalized spacial score (nSPS) is 11.2. The lowest BCUT2D eigenvalue weighted by molar-refractivity contribution is 0.435. The smallest absolute Gasteiger partial charge is 0.122 e. The first kappa shape index (κ1) is 20.6. The second-order valence-corrected chi connectivity index (χ2v) is 7.98. The van der Waals surface area contributed by atoms with Gasteiger partial charge in [0.05, 0.1) is 0 Å². The Kier molecular flexibility index (Phi) is 5.73. The molecule has 0 fully saturated rings. The van der Waals surface area contributed by atoms with E-state index in [-0.39, 0.29) is 28.9 Å². The SMILES string of the molecule is Cc1cc(O)c(CC(Cc2cc(C)c(C)cc2O)c2ccc(O)cc2O)cc1C. The molecule has 0 unspecified atom stereocenters. The van der Waals surface area contributed by atoms with E-state index in [2.05, 4.69) is 0 Å². The van der Waals surface area contributed by atoms with Crippen LogP contribution in [0.25, 0.3) is 0 Å². The molecule has 0 aliphatic heterocycles. The third kappa shape index (κ3) is 4.48. The topological polar surface area (TPSA) is 80.9 Å². The van der Waals surface area contributed by atoms with Crippen LogP contribution in [0.5, 0.6) is 23.0 Å². The lowest BCUT2D eigenvalue weighted by Gasteiger charge is -2.21. The molecule has 0 radical (unpaired) electrons. The molecule has 3 aromatic rings. The number of hydrogen-bond acceptors (Lipinski definition) is 4. The van der Waals surface area contributed by atoms with Gasteiger partial charge in [-0.25, -0.2) is 0 Å². The van der Waals surface area contributed by atoms with E-state index < -0.39 is 0 Å². The Morgan fingerprint density at radius 1 is 0.586 bits per heavy atom. The Balaban J connectivity index is 2.05. The number of hydrogen-bond donors (Lipinski definition) is 4. The second-order valence-electron chi connectivity index (χ2n) is 7.98. The highest BCUT2D eigenvalue weighted by Crippen LogP contribution is 2.37. The first-order chi connectivity index (χ1) is 13.7. The Bertz CT molecular complexity index is 994. The molecule has 0 bridgehead atoms. The Hall–Kier alpha value is -3.14. The molecule has 3 aromatic carbocycles. The Morgan fingerprint density at radius 2 is 1.03 bits per heavy atom. The van der Waals surface area contributed by atoms with Crippen LogP contribution in [-0.2, 0) is 12.8 Å². The molecule has 0 spiro atoms. The molecule has 0 aliphatic carbocycles. The van der Waals surface area contributed by atoms with Crippen LogP contribution < -0.4 is 0 Å². The number of aromatic hydroxyl groups is 4. The van der Waals surface area contributed by atoms with Crippen molar-refractivity contribution in [1.29, 1.82) is 0 Å². The maximum absolute atomic E-state index is 10.5. The van der Waals surface area contributed by atoms with Gasteiger partial charge in [-0.2, -0.15) is 0 Å². The number of rotatable bonds is 5. The molecule has 0 aliphatic rings. The first-order valence-corrected chi connectivity index (χ1v) is 9.75. The van der Waals surface area contributed by atoms with E-state index in [9.17, 15) is 20.4 Å². The van der Waals surface area contributed by atoms with Crippen LogP contribution >= 0.6 is 0 Å². The maximum atomic E-state index is 10.5. The van der Waals surface area contributed by atoms with Crippen molar-refractivity contribution < 1.29 is 20.4 Å². The molecule has 0 atom stereocenters. The van der Waals surface area contributed by atoms with Crippen molar-refractivity contribution in [2.24, 2.45) is 0 Å². The van der Waals surface area contributed by atoms with E-state index in [4.69, 9.17) is 0 Å². The van der Waals surface area contributed by atoms with Gasteiger partial charge in [0, 0.05) is 6.07 Å². The minimum absolute atomic E-state index is 0.00152. The molecular formula is C25H28O4. The lowest BCUT2D eigenvalue weighted by Crippen LogP contribution is -2.08. The van der Waals surface area contributed by atoms with Crippen molar-refractivity contribution >= 4 is 0 Å². The van der Waals surface area contributed by atoms with Gasteiger partial charge in [0.15, 0.2) is 0 Å². The summed E-state index contributed by atoms with van der Waals surface area (Å²) in [5, 5.41) is 41.1. The zero-order chi connectivity index (χ0) is 21.3. The van der Waals surface area contributed by atoms with Crippen LogP contribution in [0.2, 0.25) is 0 Å². The Morgan fingerprint density at radius 3 is 1.48 bits per heavy atom. The summed E-state index contributed by atoms with van der Waals surface area (Å²) in [6, 6.07) is 12.0. The summed E-state index contributed by atoms with van der Waals surface area (Å²) in [6.07, 6.45) is 0.968. The van der Waals surface area contributed by atoms with Gasteiger partial charge < -0.3 is 20.4 Å². The molecule has 0 saturated carbocycles. The summed E-state index contributed by atoms with van der Waals surface area (Å²) < 4.78 is 0. The predicted molar refractivity (Wildman–Crippen MR) is 115 cm³/mol. The zero-order valence-corrected chi connectivity index (χ0v) is 17.3. The van der Waals surface area contributed by atoms with Gasteiger partial charge in [0.1, 0.15) is 23.0 Å². The summed E-state index contributed by atoms with van der Waals surface area (Å²) in [6.45, 7) is 7.91. The third-order valence-corrected chi connectivity index (χ3v) is 5.78. The molecule has 4 nitrogen and oxygen atoms in total. The highest BCUT2D eigenvalue weighted by atomic mass is 16.3. The molecule has 0 aromatic heterocycles. The van der Waals surface area contributed by atoms with Crippen molar-refractivity contribution in [2.75, 3.05) is 0 Å². The highest BCUT2D eigenvalue weighted by molar-refractivity contribution is 5.47. The monoisotopic (exact) mass is 392 g/mol. The standard InChI is InChI=1S/C25H28O4/c1-14-7-19(23(27)9-16(14)3)11-18(22-6-5-21(26)13-25(22)29)12-20-8-15(2)17(4)10-24(20)28/h5-10,13,18,26-29H,11-12H2,1-4H3. The molecular weight excluding hydrogens is 364 g/mol. The first-order valence-electron chi connectivity index (χ1n) is 9.75. The van der Waals surface area contributed by atoms with Crippen molar-refractivity contribution in [3.8, 4) is 23.0 Å². The van der Waals surface area contributed by atoms with Gasteiger partial charge in [0.25, 0.3) is 0 Å². The second kappa shape index (κ2) is 8.08. The quantitative estimate of drug-likeness (QED) is 0.474. The van der Waals surface area contributed by atoms with E-state index >= 15 is 0 Å². The van der Waals surface area contributed by atoms with Crippen LogP contribution in [0.15, 0.2) is 42.5 Å². The summed E-state index contributed by atoms with van der Waals surface area (Å²) >= 11 is 0. The number of benzene rings is 3. The zero-order valence-electron chi connectivity index (χ0n) is 17.3. The van der Waals surface area contributed by atoms with Crippen molar-refractivity contribution in [3.63, 3.8) is 0 Å². The van der Waals surface area contributed by atoms with Gasteiger partial charge in [0.2, 0.25) is 0 Å².